The molecule has 2 aromatic rings. The average molecular weight is 400 g/mol. The molecule has 0 saturated carbocycles. The summed E-state index contributed by atoms with van der Waals surface area (Å²) in [6.45, 7) is 8.68. The van der Waals surface area contributed by atoms with Gasteiger partial charge in [0.2, 0.25) is 0 Å². The number of hydrogen-bond donors (Lipinski definition) is 0. The third-order valence-corrected chi connectivity index (χ3v) is 5.95. The van der Waals surface area contributed by atoms with E-state index >= 15 is 0 Å². The van der Waals surface area contributed by atoms with Crippen molar-refractivity contribution in [3.8, 4) is 0 Å². The van der Waals surface area contributed by atoms with E-state index in [4.69, 9.17) is 4.74 Å². The van der Waals surface area contributed by atoms with Crippen LogP contribution in [-0.2, 0) is 11.2 Å². The molecule has 0 amide bonds. The van der Waals surface area contributed by atoms with E-state index in [2.05, 4.69) is 6.58 Å². The van der Waals surface area contributed by atoms with Gasteiger partial charge in [-0.15, -0.1) is 0 Å². The zero-order valence-electron chi connectivity index (χ0n) is 16.7. The number of aryl methyl sites for hydroxylation is 2. The number of fused-ring (bicyclic) bond motifs is 2. The van der Waals surface area contributed by atoms with Gasteiger partial charge in [-0.25, -0.2) is 13.2 Å². The van der Waals surface area contributed by atoms with Crippen LogP contribution in [0.4, 0.5) is 13.2 Å². The van der Waals surface area contributed by atoms with Crippen LogP contribution in [0.25, 0.3) is 0 Å². The van der Waals surface area contributed by atoms with Crippen molar-refractivity contribution in [1.29, 1.82) is 0 Å². The van der Waals surface area contributed by atoms with Crippen molar-refractivity contribution in [2.45, 2.75) is 58.0 Å². The molecule has 2 aliphatic carbocycles. The topological polar surface area (TPSA) is 26.3 Å². The summed E-state index contributed by atoms with van der Waals surface area (Å²) in [6.07, 6.45) is -1.20. The third kappa shape index (κ3) is 3.17. The molecule has 0 bridgehead atoms. The van der Waals surface area contributed by atoms with E-state index in [1.54, 1.807) is 39.0 Å². The summed E-state index contributed by atoms with van der Waals surface area (Å²) in [6, 6.07) is 6.69. The lowest BCUT2D eigenvalue weighted by Gasteiger charge is -2.28. The Morgan fingerprint density at radius 3 is 2.62 bits per heavy atom. The number of carbonyl (C=O) groups is 1. The van der Waals surface area contributed by atoms with Crippen LogP contribution in [0.5, 0.6) is 0 Å². The standard InChI is InChI=1S/C24H23F3O2/c1-12(2)29-23-21-14(4)5-6-15(18(21)11-24(23,26)27)16-7-8-20(28)17-9-13(3)10-19(25)22(16)17/h5-6,9-10,16,23H,1,7-8,11H2,2-4H3. The van der Waals surface area contributed by atoms with Crippen LogP contribution in [0, 0.1) is 19.7 Å². The second kappa shape index (κ2) is 6.75. The maximum Gasteiger partial charge on any atom is 0.292 e. The van der Waals surface area contributed by atoms with Crippen molar-refractivity contribution in [3.63, 3.8) is 0 Å². The number of carbonyl (C=O) groups excluding carboxylic acids is 1. The normalized spacial score (nSPS) is 22.2. The molecule has 0 aromatic heterocycles. The molecule has 2 aliphatic rings. The first kappa shape index (κ1) is 19.7. The molecule has 0 saturated heterocycles. The SMILES string of the molecule is C=C(C)OC1c2c(C)ccc(C3CCC(=O)c4cc(C)cc(F)c43)c2CC1(F)F. The van der Waals surface area contributed by atoms with Crippen LogP contribution in [0.2, 0.25) is 0 Å². The number of Topliss-reactive ketones (excluding diaryl/α,β-unsaturated/α-hetero) is 1. The summed E-state index contributed by atoms with van der Waals surface area (Å²) in [5.41, 5.74) is 3.70. The van der Waals surface area contributed by atoms with Gasteiger partial charge in [0.25, 0.3) is 5.92 Å². The highest BCUT2D eigenvalue weighted by molar-refractivity contribution is 5.99. The minimum atomic E-state index is -3.08. The molecule has 0 radical (unpaired) electrons. The van der Waals surface area contributed by atoms with Gasteiger partial charge in [-0.3, -0.25) is 4.79 Å². The molecule has 152 valence electrons. The zero-order chi connectivity index (χ0) is 21.1. The maximum absolute atomic E-state index is 14.9. The number of halogens is 3. The van der Waals surface area contributed by atoms with Crippen molar-refractivity contribution in [2.75, 3.05) is 0 Å². The van der Waals surface area contributed by atoms with Gasteiger partial charge in [0.05, 0.1) is 5.76 Å². The zero-order valence-corrected chi connectivity index (χ0v) is 16.7. The van der Waals surface area contributed by atoms with Crippen molar-refractivity contribution < 1.29 is 22.7 Å². The molecule has 0 heterocycles. The summed E-state index contributed by atoms with van der Waals surface area (Å²) >= 11 is 0. The molecule has 0 aliphatic heterocycles. The number of ether oxygens (including phenoxy) is 1. The maximum atomic E-state index is 14.9. The highest BCUT2D eigenvalue weighted by atomic mass is 19.3. The molecular formula is C24H23F3O2. The summed E-state index contributed by atoms with van der Waals surface area (Å²) in [5.74, 6) is -3.84. The first-order valence-corrected chi connectivity index (χ1v) is 9.75. The summed E-state index contributed by atoms with van der Waals surface area (Å²) in [7, 11) is 0. The van der Waals surface area contributed by atoms with E-state index in [0.717, 1.165) is 0 Å². The van der Waals surface area contributed by atoms with Crippen LogP contribution in [0.15, 0.2) is 36.6 Å². The van der Waals surface area contributed by atoms with Crippen LogP contribution in [-0.4, -0.2) is 11.7 Å². The third-order valence-electron chi connectivity index (χ3n) is 5.95. The highest BCUT2D eigenvalue weighted by Crippen LogP contribution is 2.51. The van der Waals surface area contributed by atoms with Gasteiger partial charge in [0, 0.05) is 35.4 Å². The first-order valence-electron chi connectivity index (χ1n) is 9.75. The smallest absolute Gasteiger partial charge is 0.292 e. The Labute approximate surface area is 168 Å². The number of allylic oxidation sites excluding steroid dienone is 1. The van der Waals surface area contributed by atoms with Crippen LogP contribution in [0.3, 0.4) is 0 Å². The fraction of sp³-hybridized carbons (Fsp3) is 0.375. The quantitative estimate of drug-likeness (QED) is 0.563. The first-order chi connectivity index (χ1) is 13.6. The predicted octanol–water partition coefficient (Wildman–Crippen LogP) is 6.33. The molecule has 5 heteroatoms. The van der Waals surface area contributed by atoms with E-state index in [1.807, 2.05) is 0 Å². The van der Waals surface area contributed by atoms with E-state index < -0.39 is 30.2 Å². The molecule has 2 nitrogen and oxygen atoms in total. The second-order valence-corrected chi connectivity index (χ2v) is 8.22. The molecule has 2 unspecified atom stereocenters. The fourth-order valence-electron chi connectivity index (χ4n) is 4.78. The largest absolute Gasteiger partial charge is 0.485 e. The van der Waals surface area contributed by atoms with Crippen LogP contribution in [0.1, 0.15) is 75.5 Å². The molecule has 0 spiro atoms. The highest BCUT2D eigenvalue weighted by Gasteiger charge is 2.51. The van der Waals surface area contributed by atoms with Gasteiger partial charge in [-0.2, -0.15) is 0 Å². The average Bonchev–Trinajstić information content (AvgIpc) is 2.87. The minimum Gasteiger partial charge on any atom is -0.485 e. The summed E-state index contributed by atoms with van der Waals surface area (Å²) in [5, 5.41) is 0. The van der Waals surface area contributed by atoms with Gasteiger partial charge in [-0.05, 0) is 61.6 Å². The lowest BCUT2D eigenvalue weighted by Crippen LogP contribution is -2.24. The molecular weight excluding hydrogens is 377 g/mol. The number of ketones is 1. The van der Waals surface area contributed by atoms with Crippen molar-refractivity contribution in [3.05, 3.63) is 81.4 Å². The molecule has 2 atom stereocenters. The van der Waals surface area contributed by atoms with Crippen LogP contribution < -0.4 is 0 Å². The van der Waals surface area contributed by atoms with Crippen molar-refractivity contribution in [2.24, 2.45) is 0 Å². The fourth-order valence-corrected chi connectivity index (χ4v) is 4.78. The van der Waals surface area contributed by atoms with Crippen molar-refractivity contribution in [1.82, 2.24) is 0 Å². The molecule has 4 rings (SSSR count). The molecule has 0 N–H and O–H groups in total. The van der Waals surface area contributed by atoms with Gasteiger partial charge >= 0.3 is 0 Å². The number of rotatable bonds is 3. The van der Waals surface area contributed by atoms with E-state index in [9.17, 15) is 18.0 Å². The Bertz CT molecular complexity index is 1040. The molecule has 0 fully saturated rings. The number of benzene rings is 2. The van der Waals surface area contributed by atoms with E-state index in [0.29, 0.717) is 45.4 Å². The van der Waals surface area contributed by atoms with Crippen molar-refractivity contribution >= 4 is 5.78 Å². The van der Waals surface area contributed by atoms with Gasteiger partial charge in [-0.1, -0.05) is 18.7 Å². The molecule has 29 heavy (non-hydrogen) atoms. The predicted molar refractivity (Wildman–Crippen MR) is 105 cm³/mol. The van der Waals surface area contributed by atoms with Gasteiger partial charge < -0.3 is 4.74 Å². The molecule has 2 aromatic carbocycles. The lowest BCUT2D eigenvalue weighted by atomic mass is 9.75. The Hall–Kier alpha value is -2.56. The Morgan fingerprint density at radius 1 is 1.21 bits per heavy atom. The van der Waals surface area contributed by atoms with Gasteiger partial charge in [0.1, 0.15) is 5.82 Å². The summed E-state index contributed by atoms with van der Waals surface area (Å²) < 4.78 is 50.1. The number of alkyl halides is 2. The lowest BCUT2D eigenvalue weighted by molar-refractivity contribution is -0.108. The summed E-state index contributed by atoms with van der Waals surface area (Å²) in [4.78, 5) is 12.4. The number of hydrogen-bond acceptors (Lipinski definition) is 2. The second-order valence-electron chi connectivity index (χ2n) is 8.22. The monoisotopic (exact) mass is 400 g/mol. The Morgan fingerprint density at radius 2 is 1.93 bits per heavy atom. The van der Waals surface area contributed by atoms with E-state index in [-0.39, 0.29) is 18.0 Å². The Kier molecular flexibility index (Phi) is 4.60. The van der Waals surface area contributed by atoms with E-state index in [1.165, 1.54) is 6.07 Å². The Balaban J connectivity index is 1.90. The van der Waals surface area contributed by atoms with Gasteiger partial charge in [0.15, 0.2) is 11.9 Å². The minimum absolute atomic E-state index is 0.101. The van der Waals surface area contributed by atoms with Crippen LogP contribution >= 0.6 is 0 Å².